The second-order valence-electron chi connectivity index (χ2n) is 3.98. The third-order valence-electron chi connectivity index (χ3n) is 2.88. The molecule has 1 aliphatic rings. The number of rotatable bonds is 2. The second-order valence-corrected chi connectivity index (χ2v) is 3.98. The molecule has 0 aliphatic heterocycles. The third-order valence-corrected chi connectivity index (χ3v) is 2.88. The Hall–Kier alpha value is -1.76. The summed E-state index contributed by atoms with van der Waals surface area (Å²) in [6, 6.07) is 3.77. The van der Waals surface area contributed by atoms with Crippen LogP contribution in [0.3, 0.4) is 0 Å². The molecule has 1 aromatic rings. The smallest absolute Gasteiger partial charge is 0.341 e. The molecule has 0 unspecified atom stereocenters. The average Bonchev–Trinajstić information content (AvgIpc) is 2.83. The first-order valence-corrected chi connectivity index (χ1v) is 5.44. The summed E-state index contributed by atoms with van der Waals surface area (Å²) in [4.78, 5) is 11.6. The van der Waals surface area contributed by atoms with E-state index in [0.29, 0.717) is 5.56 Å². The van der Waals surface area contributed by atoms with Gasteiger partial charge in [0.1, 0.15) is 12.4 Å². The van der Waals surface area contributed by atoms with Gasteiger partial charge in [-0.05, 0) is 25.3 Å². The maximum absolute atomic E-state index is 11.6. The van der Waals surface area contributed by atoms with Crippen LogP contribution >= 0.6 is 0 Å². The van der Waals surface area contributed by atoms with E-state index in [9.17, 15) is 4.79 Å². The van der Waals surface area contributed by atoms with E-state index in [1.54, 1.807) is 6.07 Å². The highest BCUT2D eigenvalue weighted by atomic mass is 16.5. The van der Waals surface area contributed by atoms with Crippen molar-refractivity contribution in [2.24, 2.45) is 5.92 Å². The van der Waals surface area contributed by atoms with Crippen molar-refractivity contribution < 1.29 is 13.9 Å². The van der Waals surface area contributed by atoms with Gasteiger partial charge in [0.05, 0.1) is 23.8 Å². The van der Waals surface area contributed by atoms with Crippen LogP contribution in [0.1, 0.15) is 36.0 Å². The topological polar surface area (TPSA) is 63.2 Å². The normalized spacial score (nSPS) is 24.7. The van der Waals surface area contributed by atoms with Crippen LogP contribution in [0.15, 0.2) is 23.0 Å². The van der Waals surface area contributed by atoms with Gasteiger partial charge in [-0.15, -0.1) is 0 Å². The maximum Gasteiger partial charge on any atom is 0.341 e. The number of furan rings is 1. The van der Waals surface area contributed by atoms with E-state index < -0.39 is 5.97 Å². The van der Waals surface area contributed by atoms with Crippen LogP contribution in [-0.2, 0) is 4.74 Å². The Kier molecular flexibility index (Phi) is 3.25. The van der Waals surface area contributed by atoms with Crippen molar-refractivity contribution >= 4 is 5.97 Å². The minimum atomic E-state index is -0.402. The maximum atomic E-state index is 11.6. The standard InChI is InChI=1S/C12H13NO3/c13-7-9-3-1-2-4-11(9)16-12(14)10-5-6-15-8-10/h5-6,8-9,11H,1-4H2/t9-,11+/m1/s1. The Bertz CT molecular complexity index is 391. The van der Waals surface area contributed by atoms with E-state index >= 15 is 0 Å². The van der Waals surface area contributed by atoms with Crippen molar-refractivity contribution in [1.82, 2.24) is 0 Å². The molecular formula is C12H13NO3. The first kappa shape index (κ1) is 10.7. The van der Waals surface area contributed by atoms with Crippen molar-refractivity contribution in [2.75, 3.05) is 0 Å². The van der Waals surface area contributed by atoms with E-state index in [1.807, 2.05) is 0 Å². The lowest BCUT2D eigenvalue weighted by atomic mass is 9.87. The first-order valence-electron chi connectivity index (χ1n) is 5.44. The van der Waals surface area contributed by atoms with Crippen LogP contribution in [0.25, 0.3) is 0 Å². The van der Waals surface area contributed by atoms with Gasteiger partial charge in [-0.1, -0.05) is 6.42 Å². The van der Waals surface area contributed by atoms with E-state index in [0.717, 1.165) is 25.7 Å². The number of nitrogens with zero attached hydrogens (tertiary/aromatic N) is 1. The zero-order chi connectivity index (χ0) is 11.4. The Labute approximate surface area is 93.8 Å². The lowest BCUT2D eigenvalue weighted by Crippen LogP contribution is -2.29. The summed E-state index contributed by atoms with van der Waals surface area (Å²) < 4.78 is 10.1. The van der Waals surface area contributed by atoms with Gasteiger partial charge >= 0.3 is 5.97 Å². The highest BCUT2D eigenvalue weighted by molar-refractivity contribution is 5.89. The van der Waals surface area contributed by atoms with Crippen molar-refractivity contribution in [3.05, 3.63) is 24.2 Å². The van der Waals surface area contributed by atoms with Gasteiger partial charge in [0.2, 0.25) is 0 Å². The lowest BCUT2D eigenvalue weighted by molar-refractivity contribution is 0.0107. The molecule has 4 nitrogen and oxygen atoms in total. The molecule has 0 bridgehead atoms. The monoisotopic (exact) mass is 219 g/mol. The van der Waals surface area contributed by atoms with E-state index in [1.165, 1.54) is 12.5 Å². The lowest BCUT2D eigenvalue weighted by Gasteiger charge is -2.26. The van der Waals surface area contributed by atoms with Gasteiger partial charge in [-0.25, -0.2) is 4.79 Å². The summed E-state index contributed by atoms with van der Waals surface area (Å²) in [6.45, 7) is 0. The Balaban J connectivity index is 1.98. The number of hydrogen-bond donors (Lipinski definition) is 0. The van der Waals surface area contributed by atoms with Crippen LogP contribution in [0, 0.1) is 17.2 Å². The molecule has 4 heteroatoms. The third kappa shape index (κ3) is 2.25. The molecule has 2 rings (SSSR count). The van der Waals surface area contributed by atoms with Crippen molar-refractivity contribution in [3.8, 4) is 6.07 Å². The van der Waals surface area contributed by atoms with Crippen LogP contribution in [0.5, 0.6) is 0 Å². The Morgan fingerprint density at radius 2 is 2.31 bits per heavy atom. The van der Waals surface area contributed by atoms with Crippen LogP contribution < -0.4 is 0 Å². The molecule has 16 heavy (non-hydrogen) atoms. The van der Waals surface area contributed by atoms with Crippen molar-refractivity contribution in [3.63, 3.8) is 0 Å². The molecule has 0 N–H and O–H groups in total. The molecule has 0 aromatic carbocycles. The minimum absolute atomic E-state index is 0.162. The fourth-order valence-electron chi connectivity index (χ4n) is 1.97. The number of carbonyl (C=O) groups is 1. The fourth-order valence-corrected chi connectivity index (χ4v) is 1.97. The summed E-state index contributed by atoms with van der Waals surface area (Å²) in [7, 11) is 0. The molecule has 0 saturated heterocycles. The van der Waals surface area contributed by atoms with Gasteiger partial charge in [0.25, 0.3) is 0 Å². The molecule has 84 valence electrons. The highest BCUT2D eigenvalue weighted by Crippen LogP contribution is 2.27. The molecule has 0 spiro atoms. The molecule has 1 aliphatic carbocycles. The number of esters is 1. The number of hydrogen-bond acceptors (Lipinski definition) is 4. The molecule has 1 heterocycles. The van der Waals surface area contributed by atoms with E-state index in [2.05, 4.69) is 6.07 Å². The molecule has 1 aromatic heterocycles. The molecule has 0 amide bonds. The SMILES string of the molecule is N#C[C@H]1CCCC[C@@H]1OC(=O)c1ccoc1. The largest absolute Gasteiger partial charge is 0.472 e. The Morgan fingerprint density at radius 1 is 1.50 bits per heavy atom. The van der Waals surface area contributed by atoms with Gasteiger partial charge in [-0.3, -0.25) is 0 Å². The predicted molar refractivity (Wildman–Crippen MR) is 55.5 cm³/mol. The van der Waals surface area contributed by atoms with Gasteiger partial charge in [0, 0.05) is 0 Å². The van der Waals surface area contributed by atoms with Gasteiger partial charge in [0.15, 0.2) is 0 Å². The molecule has 1 fully saturated rings. The first-order chi connectivity index (χ1) is 7.81. The van der Waals surface area contributed by atoms with Crippen LogP contribution in [0.4, 0.5) is 0 Å². The van der Waals surface area contributed by atoms with Gasteiger partial charge in [-0.2, -0.15) is 5.26 Å². The highest BCUT2D eigenvalue weighted by Gasteiger charge is 2.28. The van der Waals surface area contributed by atoms with E-state index in [4.69, 9.17) is 14.4 Å². The number of nitriles is 1. The fraction of sp³-hybridized carbons (Fsp3) is 0.500. The Morgan fingerprint density at radius 3 is 3.00 bits per heavy atom. The zero-order valence-corrected chi connectivity index (χ0v) is 8.89. The number of ether oxygens (including phenoxy) is 1. The van der Waals surface area contributed by atoms with E-state index in [-0.39, 0.29) is 12.0 Å². The summed E-state index contributed by atoms with van der Waals surface area (Å²) in [6.07, 6.45) is 6.17. The quantitative estimate of drug-likeness (QED) is 0.717. The van der Waals surface area contributed by atoms with Crippen LogP contribution in [0.2, 0.25) is 0 Å². The summed E-state index contributed by atoms with van der Waals surface area (Å²) in [5.41, 5.74) is 0.405. The van der Waals surface area contributed by atoms with Crippen molar-refractivity contribution in [1.29, 1.82) is 5.26 Å². The predicted octanol–water partition coefficient (Wildman–Crippen LogP) is 2.52. The second kappa shape index (κ2) is 4.84. The summed E-state index contributed by atoms with van der Waals surface area (Å²) in [5, 5.41) is 8.95. The molecule has 0 radical (unpaired) electrons. The average molecular weight is 219 g/mol. The molecule has 1 saturated carbocycles. The zero-order valence-electron chi connectivity index (χ0n) is 8.89. The molecular weight excluding hydrogens is 206 g/mol. The van der Waals surface area contributed by atoms with Crippen LogP contribution in [-0.4, -0.2) is 12.1 Å². The summed E-state index contributed by atoms with van der Waals surface area (Å²) in [5.74, 6) is -0.564. The van der Waals surface area contributed by atoms with Gasteiger partial charge < -0.3 is 9.15 Å². The minimum Gasteiger partial charge on any atom is -0.472 e. The molecule has 2 atom stereocenters. The summed E-state index contributed by atoms with van der Waals surface area (Å²) >= 11 is 0. The van der Waals surface area contributed by atoms with Crippen molar-refractivity contribution in [2.45, 2.75) is 31.8 Å². The number of carbonyl (C=O) groups excluding carboxylic acids is 1.